The number of oxazole rings is 1. The van der Waals surface area contributed by atoms with Gasteiger partial charge >= 0.3 is 0 Å². The van der Waals surface area contributed by atoms with Gasteiger partial charge in [-0.25, -0.2) is 9.37 Å². The van der Waals surface area contributed by atoms with E-state index in [9.17, 15) is 14.5 Å². The first-order chi connectivity index (χ1) is 16.9. The van der Waals surface area contributed by atoms with Crippen molar-refractivity contribution in [1.29, 1.82) is 0 Å². The Labute approximate surface area is 203 Å². The molecule has 184 valence electrons. The molecule has 2 aromatic carbocycles. The van der Waals surface area contributed by atoms with Crippen LogP contribution in [0.1, 0.15) is 44.4 Å². The van der Waals surface area contributed by atoms with Crippen LogP contribution in [-0.4, -0.2) is 35.1 Å². The van der Waals surface area contributed by atoms with Crippen molar-refractivity contribution < 1.29 is 13.7 Å². The summed E-state index contributed by atoms with van der Waals surface area (Å²) < 4.78 is 19.8. The highest BCUT2D eigenvalue weighted by molar-refractivity contribution is 5.56. The van der Waals surface area contributed by atoms with Crippen molar-refractivity contribution in [3.8, 4) is 11.3 Å². The van der Waals surface area contributed by atoms with Crippen LogP contribution in [-0.2, 0) is 5.54 Å². The molecule has 0 spiro atoms. The molecule has 1 aliphatic heterocycles. The van der Waals surface area contributed by atoms with Gasteiger partial charge in [-0.05, 0) is 49.9 Å². The average Bonchev–Trinajstić information content (AvgIpc) is 3.37. The van der Waals surface area contributed by atoms with Gasteiger partial charge in [0.05, 0.1) is 11.1 Å². The zero-order valence-electron chi connectivity index (χ0n) is 19.5. The summed E-state index contributed by atoms with van der Waals surface area (Å²) >= 11 is 0. The van der Waals surface area contributed by atoms with E-state index in [0.717, 1.165) is 57.3 Å². The van der Waals surface area contributed by atoms with Crippen LogP contribution in [0, 0.1) is 15.9 Å². The third-order valence-corrected chi connectivity index (χ3v) is 7.25. The summed E-state index contributed by atoms with van der Waals surface area (Å²) in [5.41, 5.74) is 7.95. The minimum Gasteiger partial charge on any atom is -0.439 e. The van der Waals surface area contributed by atoms with Gasteiger partial charge in [0.2, 0.25) is 5.89 Å². The monoisotopic (exact) mass is 479 g/mol. The second kappa shape index (κ2) is 9.75. The van der Waals surface area contributed by atoms with Crippen molar-refractivity contribution in [3.63, 3.8) is 0 Å². The molecule has 2 fully saturated rings. The summed E-state index contributed by atoms with van der Waals surface area (Å²) in [5, 5.41) is 14.8. The number of nitrogens with one attached hydrogen (secondary N) is 1. The number of nitro benzene ring substituents is 1. The van der Waals surface area contributed by atoms with Gasteiger partial charge < -0.3 is 20.4 Å². The van der Waals surface area contributed by atoms with Gasteiger partial charge in [-0.1, -0.05) is 25.0 Å². The van der Waals surface area contributed by atoms with Crippen LogP contribution in [0.4, 0.5) is 15.8 Å². The number of hydrogen-bond donors (Lipinski definition) is 2. The molecule has 3 N–H and O–H groups in total. The normalized spacial score (nSPS) is 24.9. The molecule has 0 amide bonds. The maximum Gasteiger partial charge on any atom is 0.269 e. The van der Waals surface area contributed by atoms with Gasteiger partial charge in [0.25, 0.3) is 5.69 Å². The van der Waals surface area contributed by atoms with Gasteiger partial charge in [-0.2, -0.15) is 0 Å². The molecule has 1 aromatic heterocycles. The van der Waals surface area contributed by atoms with Gasteiger partial charge in [0, 0.05) is 48.6 Å². The number of nitrogens with zero attached hydrogens (tertiary/aromatic N) is 3. The molecule has 2 unspecified atom stereocenters. The molecule has 3 atom stereocenters. The largest absolute Gasteiger partial charge is 0.439 e. The van der Waals surface area contributed by atoms with Crippen LogP contribution in [0.3, 0.4) is 0 Å². The van der Waals surface area contributed by atoms with Crippen molar-refractivity contribution in [2.75, 3.05) is 18.0 Å². The molecule has 1 aliphatic carbocycles. The maximum absolute atomic E-state index is 13.7. The highest BCUT2D eigenvalue weighted by Gasteiger charge is 2.44. The topological polar surface area (TPSA) is 110 Å². The fraction of sp³-hybridized carbons (Fsp3) is 0.423. The first-order valence-corrected chi connectivity index (χ1v) is 12.2. The number of hydrogen-bond acceptors (Lipinski definition) is 7. The number of rotatable bonds is 6. The number of aromatic nitrogens is 1. The number of halogens is 1. The third kappa shape index (κ3) is 4.92. The van der Waals surface area contributed by atoms with Crippen LogP contribution in [0.2, 0.25) is 0 Å². The van der Waals surface area contributed by atoms with Crippen molar-refractivity contribution in [2.45, 2.75) is 56.1 Å². The summed E-state index contributed by atoms with van der Waals surface area (Å²) in [6, 6.07) is 13.2. The predicted molar refractivity (Wildman–Crippen MR) is 131 cm³/mol. The number of benzene rings is 2. The van der Waals surface area contributed by atoms with E-state index in [2.05, 4.69) is 15.2 Å². The fourth-order valence-corrected chi connectivity index (χ4v) is 5.37. The second-order valence-corrected chi connectivity index (χ2v) is 9.60. The Morgan fingerprint density at radius 2 is 2.00 bits per heavy atom. The van der Waals surface area contributed by atoms with Gasteiger partial charge in [-0.3, -0.25) is 10.1 Å². The molecule has 2 aliphatic rings. The number of nitro groups is 1. The standard InChI is InChI=1S/C26H30FN5O3/c27-19-6-3-5-18(15-19)23-16-29-25(35-23)26(28)13-2-1-8-24(26)30-20-7-4-14-31(17-20)21-9-11-22(12-10-21)32(33)34/h3,5-6,9-12,15-16,20,24,30H,1-2,4,7-8,13-14,17,28H2/t20-,24?,26?/m0/s1. The molecule has 35 heavy (non-hydrogen) atoms. The van der Waals surface area contributed by atoms with E-state index < -0.39 is 5.54 Å². The van der Waals surface area contributed by atoms with Crippen LogP contribution >= 0.6 is 0 Å². The summed E-state index contributed by atoms with van der Waals surface area (Å²) in [6.07, 6.45) is 7.41. The molecule has 9 heteroatoms. The first-order valence-electron chi connectivity index (χ1n) is 12.2. The average molecular weight is 480 g/mol. The van der Waals surface area contributed by atoms with Crippen molar-refractivity contribution in [2.24, 2.45) is 5.73 Å². The zero-order valence-corrected chi connectivity index (χ0v) is 19.5. The molecule has 8 nitrogen and oxygen atoms in total. The number of non-ortho nitro benzene ring substituents is 1. The molecular weight excluding hydrogens is 449 g/mol. The lowest BCUT2D eigenvalue weighted by Gasteiger charge is -2.43. The maximum atomic E-state index is 13.7. The Balaban J connectivity index is 1.31. The Kier molecular flexibility index (Phi) is 6.53. The van der Waals surface area contributed by atoms with Crippen molar-refractivity contribution >= 4 is 11.4 Å². The molecular formula is C26H30FN5O3. The quantitative estimate of drug-likeness (QED) is 0.388. The highest BCUT2D eigenvalue weighted by Crippen LogP contribution is 2.37. The van der Waals surface area contributed by atoms with E-state index in [0.29, 0.717) is 17.2 Å². The summed E-state index contributed by atoms with van der Waals surface area (Å²) in [5.74, 6) is 0.669. The van der Waals surface area contributed by atoms with E-state index in [-0.39, 0.29) is 28.5 Å². The summed E-state index contributed by atoms with van der Waals surface area (Å²) in [4.78, 5) is 17.4. The summed E-state index contributed by atoms with van der Waals surface area (Å²) in [6.45, 7) is 1.70. The predicted octanol–water partition coefficient (Wildman–Crippen LogP) is 4.74. The van der Waals surface area contributed by atoms with E-state index >= 15 is 0 Å². The van der Waals surface area contributed by atoms with E-state index in [1.165, 1.54) is 12.1 Å². The van der Waals surface area contributed by atoms with Gasteiger partial charge in [0.1, 0.15) is 11.4 Å². The fourth-order valence-electron chi connectivity index (χ4n) is 5.37. The molecule has 1 saturated heterocycles. The highest BCUT2D eigenvalue weighted by atomic mass is 19.1. The van der Waals surface area contributed by atoms with E-state index in [1.807, 2.05) is 12.1 Å². The Morgan fingerprint density at radius 3 is 2.77 bits per heavy atom. The van der Waals surface area contributed by atoms with E-state index in [1.54, 1.807) is 30.5 Å². The minimum atomic E-state index is -0.751. The van der Waals surface area contributed by atoms with Crippen LogP contribution in [0.5, 0.6) is 0 Å². The Hall–Kier alpha value is -3.30. The first kappa shape index (κ1) is 23.4. The van der Waals surface area contributed by atoms with E-state index in [4.69, 9.17) is 10.2 Å². The van der Waals surface area contributed by atoms with Crippen LogP contribution in [0.25, 0.3) is 11.3 Å². The molecule has 2 heterocycles. The van der Waals surface area contributed by atoms with Gasteiger partial charge in [-0.15, -0.1) is 0 Å². The zero-order chi connectivity index (χ0) is 24.4. The lowest BCUT2D eigenvalue weighted by molar-refractivity contribution is -0.384. The molecule has 0 bridgehead atoms. The van der Waals surface area contributed by atoms with Crippen LogP contribution < -0.4 is 16.0 Å². The second-order valence-electron chi connectivity index (χ2n) is 9.60. The minimum absolute atomic E-state index is 0.00271. The van der Waals surface area contributed by atoms with Crippen molar-refractivity contribution in [1.82, 2.24) is 10.3 Å². The number of piperidine rings is 1. The van der Waals surface area contributed by atoms with Crippen LogP contribution in [0.15, 0.2) is 59.1 Å². The number of anilines is 1. The number of nitrogens with two attached hydrogens (primary N) is 1. The molecule has 0 radical (unpaired) electrons. The molecule has 3 aromatic rings. The molecule has 5 rings (SSSR count). The lowest BCUT2D eigenvalue weighted by atomic mass is 9.77. The van der Waals surface area contributed by atoms with Gasteiger partial charge in [0.15, 0.2) is 5.76 Å². The van der Waals surface area contributed by atoms with Crippen molar-refractivity contribution in [3.05, 3.63) is 76.6 Å². The lowest BCUT2D eigenvalue weighted by Crippen LogP contribution is -2.61. The molecule has 1 saturated carbocycles. The third-order valence-electron chi connectivity index (χ3n) is 7.25. The Morgan fingerprint density at radius 1 is 1.17 bits per heavy atom. The SMILES string of the molecule is NC1(c2ncc(-c3cccc(F)c3)o2)CCCCC1N[C@H]1CCCN(c2ccc([N+](=O)[O-])cc2)C1. The summed E-state index contributed by atoms with van der Waals surface area (Å²) in [7, 11) is 0. The Bertz CT molecular complexity index is 1180. The smallest absolute Gasteiger partial charge is 0.269 e.